The van der Waals surface area contributed by atoms with E-state index in [0.717, 1.165) is 21.4 Å². The van der Waals surface area contributed by atoms with Crippen molar-refractivity contribution in [2.75, 3.05) is 0 Å². The Morgan fingerprint density at radius 1 is 1.60 bits per heavy atom. The minimum atomic E-state index is 0.482. The molecule has 2 aromatic rings. The first-order valence-electron chi connectivity index (χ1n) is 4.48. The molecule has 80 valence electrons. The Morgan fingerprint density at radius 3 is 3.00 bits per heavy atom. The Kier molecular flexibility index (Phi) is 2.74. The summed E-state index contributed by atoms with van der Waals surface area (Å²) in [5, 5.41) is 12.7. The second kappa shape index (κ2) is 4.03. The van der Waals surface area contributed by atoms with Gasteiger partial charge in [0.05, 0.1) is 5.69 Å². The first-order chi connectivity index (χ1) is 7.22. The normalized spacial score (nSPS) is 10.9. The Hall–Kier alpha value is -1.34. The number of nitrogens with zero attached hydrogens (tertiary/aromatic N) is 4. The fraction of sp³-hybridized carbons (Fsp3) is 0.375. The zero-order valence-electron chi connectivity index (χ0n) is 8.56. The highest BCUT2D eigenvalue weighted by molar-refractivity contribution is 7.99. The molecule has 3 N–H and O–H groups in total. The molecule has 6 nitrogen and oxygen atoms in total. The lowest BCUT2D eigenvalue weighted by molar-refractivity contribution is 0.687. The molecule has 2 rings (SSSR count). The number of aryl methyl sites for hydroxylation is 2. The van der Waals surface area contributed by atoms with Gasteiger partial charge in [-0.15, -0.1) is 0 Å². The molecule has 0 atom stereocenters. The fourth-order valence-corrected chi connectivity index (χ4v) is 2.29. The summed E-state index contributed by atoms with van der Waals surface area (Å²) in [6, 6.07) is 0. The third kappa shape index (κ3) is 1.88. The predicted molar refractivity (Wildman–Crippen MR) is 56.3 cm³/mol. The Balaban J connectivity index is 2.35. The van der Waals surface area contributed by atoms with Crippen LogP contribution in [0, 0.1) is 6.92 Å². The molecule has 0 bridgehead atoms. The van der Waals surface area contributed by atoms with Crippen LogP contribution in [-0.4, -0.2) is 25.0 Å². The maximum atomic E-state index is 5.68. The number of nitrogens with two attached hydrogens (primary N) is 1. The molecule has 15 heavy (non-hydrogen) atoms. The van der Waals surface area contributed by atoms with Gasteiger partial charge in [0.2, 0.25) is 0 Å². The maximum absolute atomic E-state index is 5.68. The van der Waals surface area contributed by atoms with Crippen LogP contribution >= 0.6 is 11.8 Å². The minimum absolute atomic E-state index is 0.482. The molecule has 0 saturated heterocycles. The maximum Gasteiger partial charge on any atom is 0.189 e. The van der Waals surface area contributed by atoms with Crippen LogP contribution < -0.4 is 5.73 Å². The molecule has 2 aromatic heterocycles. The van der Waals surface area contributed by atoms with Crippen LogP contribution in [0.4, 0.5) is 0 Å². The first-order valence-corrected chi connectivity index (χ1v) is 5.29. The summed E-state index contributed by atoms with van der Waals surface area (Å²) in [4.78, 5) is 4.05. The van der Waals surface area contributed by atoms with Crippen LogP contribution in [0.1, 0.15) is 11.3 Å². The molecule has 2 heterocycles. The SMILES string of the molecule is Cc1nn(C)c(Sc2ncn[nH]2)c1CN. The third-order valence-electron chi connectivity index (χ3n) is 2.08. The largest absolute Gasteiger partial charge is 0.326 e. The van der Waals surface area contributed by atoms with Gasteiger partial charge in [0.25, 0.3) is 0 Å². The summed E-state index contributed by atoms with van der Waals surface area (Å²) < 4.78 is 1.81. The van der Waals surface area contributed by atoms with E-state index in [-0.39, 0.29) is 0 Å². The molecule has 0 fully saturated rings. The van der Waals surface area contributed by atoms with Gasteiger partial charge in [-0.25, -0.2) is 4.98 Å². The lowest BCUT2D eigenvalue weighted by Crippen LogP contribution is -1.99. The summed E-state index contributed by atoms with van der Waals surface area (Å²) >= 11 is 1.48. The van der Waals surface area contributed by atoms with Crippen molar-refractivity contribution < 1.29 is 0 Å². The molecular weight excluding hydrogens is 212 g/mol. The van der Waals surface area contributed by atoms with Crippen molar-refractivity contribution in [3.8, 4) is 0 Å². The van der Waals surface area contributed by atoms with Gasteiger partial charge in [-0.2, -0.15) is 10.2 Å². The Labute approximate surface area is 91.3 Å². The summed E-state index contributed by atoms with van der Waals surface area (Å²) in [5.74, 6) is 0. The summed E-state index contributed by atoms with van der Waals surface area (Å²) in [5.41, 5.74) is 7.70. The second-order valence-electron chi connectivity index (χ2n) is 3.09. The zero-order valence-corrected chi connectivity index (χ0v) is 9.38. The minimum Gasteiger partial charge on any atom is -0.326 e. The summed E-state index contributed by atoms with van der Waals surface area (Å²) in [6.07, 6.45) is 1.48. The highest BCUT2D eigenvalue weighted by Crippen LogP contribution is 2.28. The zero-order chi connectivity index (χ0) is 10.8. The Morgan fingerprint density at radius 2 is 2.40 bits per heavy atom. The molecule has 0 amide bonds. The van der Waals surface area contributed by atoms with E-state index < -0.39 is 0 Å². The molecule has 0 aliphatic heterocycles. The van der Waals surface area contributed by atoms with Crippen LogP contribution in [0.25, 0.3) is 0 Å². The first kappa shape index (κ1) is 10.2. The number of nitrogens with one attached hydrogen (secondary N) is 1. The lowest BCUT2D eigenvalue weighted by atomic mass is 10.3. The van der Waals surface area contributed by atoms with E-state index >= 15 is 0 Å². The van der Waals surface area contributed by atoms with Crippen molar-refractivity contribution in [3.63, 3.8) is 0 Å². The van der Waals surface area contributed by atoms with E-state index in [9.17, 15) is 0 Å². The number of hydrogen-bond acceptors (Lipinski definition) is 5. The molecule has 0 radical (unpaired) electrons. The molecular formula is C8H12N6S. The monoisotopic (exact) mass is 224 g/mol. The number of H-pyrrole nitrogens is 1. The smallest absolute Gasteiger partial charge is 0.189 e. The average Bonchev–Trinajstić information content (AvgIpc) is 2.77. The van der Waals surface area contributed by atoms with Crippen molar-refractivity contribution in [1.29, 1.82) is 0 Å². The second-order valence-corrected chi connectivity index (χ2v) is 4.07. The topological polar surface area (TPSA) is 85.4 Å². The van der Waals surface area contributed by atoms with Crippen LogP contribution in [-0.2, 0) is 13.6 Å². The van der Waals surface area contributed by atoms with Crippen LogP contribution in [0.5, 0.6) is 0 Å². The number of hydrogen-bond donors (Lipinski definition) is 2. The van der Waals surface area contributed by atoms with Crippen LogP contribution in [0.2, 0.25) is 0 Å². The van der Waals surface area contributed by atoms with Crippen molar-refractivity contribution in [2.24, 2.45) is 12.8 Å². The fourth-order valence-electron chi connectivity index (χ4n) is 1.38. The number of aromatic nitrogens is 5. The van der Waals surface area contributed by atoms with E-state index in [1.165, 1.54) is 18.1 Å². The van der Waals surface area contributed by atoms with E-state index in [4.69, 9.17) is 5.73 Å². The summed E-state index contributed by atoms with van der Waals surface area (Å²) in [7, 11) is 1.89. The van der Waals surface area contributed by atoms with Crippen molar-refractivity contribution in [1.82, 2.24) is 25.0 Å². The van der Waals surface area contributed by atoms with Crippen molar-refractivity contribution >= 4 is 11.8 Å². The molecule has 0 unspecified atom stereocenters. The van der Waals surface area contributed by atoms with Crippen molar-refractivity contribution in [2.45, 2.75) is 23.7 Å². The van der Waals surface area contributed by atoms with Crippen molar-refractivity contribution in [3.05, 3.63) is 17.6 Å². The molecule has 0 saturated carbocycles. The molecule has 0 aromatic carbocycles. The van der Waals surface area contributed by atoms with Gasteiger partial charge in [-0.05, 0) is 18.7 Å². The van der Waals surface area contributed by atoms with Gasteiger partial charge < -0.3 is 5.73 Å². The van der Waals surface area contributed by atoms with E-state index in [0.29, 0.717) is 6.54 Å². The lowest BCUT2D eigenvalue weighted by Gasteiger charge is -2.01. The quantitative estimate of drug-likeness (QED) is 0.791. The Bertz CT molecular complexity index is 446. The number of aromatic amines is 1. The summed E-state index contributed by atoms with van der Waals surface area (Å²) in [6.45, 7) is 2.43. The molecule has 7 heteroatoms. The average molecular weight is 224 g/mol. The van der Waals surface area contributed by atoms with Gasteiger partial charge in [0.15, 0.2) is 5.16 Å². The molecule has 0 aliphatic carbocycles. The van der Waals surface area contributed by atoms with E-state index in [2.05, 4.69) is 20.3 Å². The van der Waals surface area contributed by atoms with Gasteiger partial charge >= 0.3 is 0 Å². The van der Waals surface area contributed by atoms with Crippen LogP contribution in [0.3, 0.4) is 0 Å². The molecule has 0 aliphatic rings. The highest BCUT2D eigenvalue weighted by Gasteiger charge is 2.13. The standard InChI is InChI=1S/C8H12N6S/c1-5-6(3-9)7(14(2)13-5)15-8-10-4-11-12-8/h4H,3,9H2,1-2H3,(H,10,11,12). The van der Waals surface area contributed by atoms with Gasteiger partial charge in [-0.1, -0.05) is 0 Å². The highest BCUT2D eigenvalue weighted by atomic mass is 32.2. The predicted octanol–water partition coefficient (Wildman–Crippen LogP) is 0.457. The van der Waals surface area contributed by atoms with E-state index in [1.54, 1.807) is 0 Å². The number of rotatable bonds is 3. The van der Waals surface area contributed by atoms with Gasteiger partial charge in [0.1, 0.15) is 11.4 Å². The van der Waals surface area contributed by atoms with Gasteiger partial charge in [0, 0.05) is 19.2 Å². The van der Waals surface area contributed by atoms with Gasteiger partial charge in [-0.3, -0.25) is 9.78 Å². The van der Waals surface area contributed by atoms with E-state index in [1.807, 2.05) is 18.7 Å². The van der Waals surface area contributed by atoms with Crippen LogP contribution in [0.15, 0.2) is 16.5 Å². The molecule has 0 spiro atoms. The third-order valence-corrected chi connectivity index (χ3v) is 3.17.